The van der Waals surface area contributed by atoms with Gasteiger partial charge < -0.3 is 15.6 Å². The van der Waals surface area contributed by atoms with E-state index in [1.807, 2.05) is 20.8 Å². The molecule has 0 aliphatic carbocycles. The highest BCUT2D eigenvalue weighted by atomic mass is 127. The third-order valence-electron chi connectivity index (χ3n) is 4.44. The molecule has 2 aromatic rings. The van der Waals surface area contributed by atoms with Crippen LogP contribution >= 0.6 is 24.0 Å². The zero-order valence-electron chi connectivity index (χ0n) is 17.0. The molecule has 0 aliphatic heterocycles. The van der Waals surface area contributed by atoms with Crippen LogP contribution in [-0.4, -0.2) is 45.8 Å². The maximum absolute atomic E-state index is 12.1. The Hall–Kier alpha value is -1.09. The number of aryl methyl sites for hydroxylation is 1. The zero-order valence-corrected chi connectivity index (χ0v) is 20.2. The van der Waals surface area contributed by atoms with E-state index in [-0.39, 0.29) is 28.7 Å². The number of para-hydroxylation sites is 1. The number of halogens is 1. The highest BCUT2D eigenvalue weighted by Gasteiger charge is 2.18. The Morgan fingerprint density at radius 1 is 1.19 bits per heavy atom. The van der Waals surface area contributed by atoms with Crippen LogP contribution in [0.1, 0.15) is 38.8 Å². The van der Waals surface area contributed by atoms with Gasteiger partial charge in [0.25, 0.3) is 0 Å². The maximum atomic E-state index is 12.1. The summed E-state index contributed by atoms with van der Waals surface area (Å²) < 4.78 is 11.9. The molecule has 1 heterocycles. The van der Waals surface area contributed by atoms with E-state index in [4.69, 9.17) is 0 Å². The minimum absolute atomic E-state index is 0. The first kappa shape index (κ1) is 23.9. The average molecular weight is 504 g/mol. The number of nitrogens with one attached hydrogen (secondary N) is 3. The van der Waals surface area contributed by atoms with E-state index in [9.17, 15) is 4.21 Å². The molecule has 5 nitrogen and oxygen atoms in total. The molecule has 0 saturated heterocycles. The van der Waals surface area contributed by atoms with Gasteiger partial charge in [0.1, 0.15) is 0 Å². The number of hydrogen-bond donors (Lipinski definition) is 3. The summed E-state index contributed by atoms with van der Waals surface area (Å²) in [6.07, 6.45) is 4.05. The molecule has 0 saturated carbocycles. The quantitative estimate of drug-likeness (QED) is 0.307. The summed E-state index contributed by atoms with van der Waals surface area (Å²) in [4.78, 5) is 7.66. The smallest absolute Gasteiger partial charge is 0.191 e. The van der Waals surface area contributed by atoms with Gasteiger partial charge in [0, 0.05) is 58.5 Å². The molecule has 1 atom stereocenters. The molecule has 0 radical (unpaired) electrons. The summed E-state index contributed by atoms with van der Waals surface area (Å²) in [6.45, 7) is 9.63. The molecule has 0 fully saturated rings. The number of benzene rings is 1. The summed E-state index contributed by atoms with van der Waals surface area (Å²) in [5.74, 6) is 1.37. The van der Waals surface area contributed by atoms with Crippen LogP contribution in [0.2, 0.25) is 0 Å². The van der Waals surface area contributed by atoms with Crippen molar-refractivity contribution in [1.82, 2.24) is 15.6 Å². The van der Waals surface area contributed by atoms with Crippen molar-refractivity contribution in [2.75, 3.05) is 25.9 Å². The van der Waals surface area contributed by atoms with Crippen molar-refractivity contribution in [2.24, 2.45) is 4.99 Å². The second-order valence-corrected chi connectivity index (χ2v) is 9.67. The standard InChI is InChI=1S/C20H32N4OS.HI/c1-6-15-8-7-9-17-16(14-24-18(15)17)10-11-22-19(21-5)23-12-13-26(25)20(2,3)4;/h7-9,14,24H,6,10-13H2,1-5H3,(H2,21,22,23);1H. The Kier molecular flexibility index (Phi) is 9.80. The number of fused-ring (bicyclic) bond motifs is 1. The van der Waals surface area contributed by atoms with Crippen molar-refractivity contribution in [3.63, 3.8) is 0 Å². The SMILES string of the molecule is CCc1cccc2c(CCNC(=NC)NCCS(=O)C(C)(C)C)c[nH]c12.I. The van der Waals surface area contributed by atoms with Gasteiger partial charge in [-0.25, -0.2) is 0 Å². The molecule has 0 amide bonds. The van der Waals surface area contributed by atoms with Crippen LogP contribution in [-0.2, 0) is 23.6 Å². The van der Waals surface area contributed by atoms with E-state index >= 15 is 0 Å². The van der Waals surface area contributed by atoms with Crippen molar-refractivity contribution < 1.29 is 4.21 Å². The van der Waals surface area contributed by atoms with Gasteiger partial charge >= 0.3 is 0 Å². The Bertz CT molecular complexity index is 780. The number of aliphatic imine (C=N–C) groups is 1. The minimum atomic E-state index is -0.854. The van der Waals surface area contributed by atoms with E-state index < -0.39 is 10.8 Å². The maximum Gasteiger partial charge on any atom is 0.191 e. The monoisotopic (exact) mass is 504 g/mol. The van der Waals surface area contributed by atoms with Crippen LogP contribution in [0.4, 0.5) is 0 Å². The van der Waals surface area contributed by atoms with Crippen molar-refractivity contribution in [2.45, 2.75) is 45.3 Å². The summed E-state index contributed by atoms with van der Waals surface area (Å²) >= 11 is 0. The van der Waals surface area contributed by atoms with E-state index in [0.29, 0.717) is 12.3 Å². The molecule has 1 unspecified atom stereocenters. The lowest BCUT2D eigenvalue weighted by Gasteiger charge is -2.18. The largest absolute Gasteiger partial charge is 0.361 e. The van der Waals surface area contributed by atoms with Gasteiger partial charge in [-0.1, -0.05) is 25.1 Å². The van der Waals surface area contributed by atoms with Crippen LogP contribution in [0, 0.1) is 0 Å². The molecule has 0 bridgehead atoms. The zero-order chi connectivity index (χ0) is 19.2. The van der Waals surface area contributed by atoms with Crippen LogP contribution in [0.15, 0.2) is 29.4 Å². The average Bonchev–Trinajstić information content (AvgIpc) is 3.02. The topological polar surface area (TPSA) is 69.3 Å². The lowest BCUT2D eigenvalue weighted by Crippen LogP contribution is -2.41. The lowest BCUT2D eigenvalue weighted by atomic mass is 10.1. The third kappa shape index (κ3) is 6.78. The summed E-state index contributed by atoms with van der Waals surface area (Å²) in [6, 6.07) is 6.48. The second kappa shape index (κ2) is 11.0. The molecule has 152 valence electrons. The number of H-pyrrole nitrogens is 1. The molecule has 1 aromatic heterocycles. The van der Waals surface area contributed by atoms with Gasteiger partial charge in [-0.15, -0.1) is 24.0 Å². The fourth-order valence-electron chi connectivity index (χ4n) is 2.88. The van der Waals surface area contributed by atoms with Gasteiger partial charge in [0.15, 0.2) is 5.96 Å². The Morgan fingerprint density at radius 2 is 1.89 bits per heavy atom. The van der Waals surface area contributed by atoms with Crippen LogP contribution in [0.25, 0.3) is 10.9 Å². The first-order valence-electron chi connectivity index (χ1n) is 9.27. The van der Waals surface area contributed by atoms with Crippen LogP contribution < -0.4 is 10.6 Å². The third-order valence-corrected chi connectivity index (χ3v) is 6.38. The van der Waals surface area contributed by atoms with E-state index in [1.54, 1.807) is 7.05 Å². The molecule has 7 heteroatoms. The van der Waals surface area contributed by atoms with Gasteiger partial charge in [0.2, 0.25) is 0 Å². The number of rotatable bonds is 7. The number of nitrogens with zero attached hydrogens (tertiary/aromatic N) is 1. The minimum Gasteiger partial charge on any atom is -0.361 e. The fraction of sp³-hybridized carbons (Fsp3) is 0.550. The van der Waals surface area contributed by atoms with Gasteiger partial charge in [-0.3, -0.25) is 9.20 Å². The van der Waals surface area contributed by atoms with Gasteiger partial charge in [-0.05, 0) is 44.7 Å². The highest BCUT2D eigenvalue weighted by molar-refractivity contribution is 14.0. The predicted molar refractivity (Wildman–Crippen MR) is 129 cm³/mol. The molecule has 1 aromatic carbocycles. The van der Waals surface area contributed by atoms with E-state index in [1.165, 1.54) is 22.0 Å². The molecule has 2 rings (SSSR count). The van der Waals surface area contributed by atoms with E-state index in [0.717, 1.165) is 25.3 Å². The first-order chi connectivity index (χ1) is 12.4. The molecular formula is C20H33IN4OS. The summed E-state index contributed by atoms with van der Waals surface area (Å²) in [5.41, 5.74) is 3.91. The van der Waals surface area contributed by atoms with Crippen molar-refractivity contribution in [1.29, 1.82) is 0 Å². The molecule has 0 aliphatic rings. The number of guanidine groups is 1. The molecule has 27 heavy (non-hydrogen) atoms. The van der Waals surface area contributed by atoms with Crippen LogP contribution in [0.5, 0.6) is 0 Å². The molecule has 3 N–H and O–H groups in total. The molecular weight excluding hydrogens is 471 g/mol. The van der Waals surface area contributed by atoms with Gasteiger partial charge in [0.05, 0.1) is 0 Å². The summed E-state index contributed by atoms with van der Waals surface area (Å²) in [5, 5.41) is 7.89. The fourth-order valence-corrected chi connectivity index (χ4v) is 3.78. The Labute approximate surface area is 182 Å². The molecule has 0 spiro atoms. The normalized spacial score (nSPS) is 13.3. The second-order valence-electron chi connectivity index (χ2n) is 7.34. The van der Waals surface area contributed by atoms with Crippen molar-refractivity contribution in [3.8, 4) is 0 Å². The number of aromatic nitrogens is 1. The van der Waals surface area contributed by atoms with E-state index in [2.05, 4.69) is 51.9 Å². The Balaban J connectivity index is 0.00000364. The van der Waals surface area contributed by atoms with Crippen LogP contribution in [0.3, 0.4) is 0 Å². The number of aromatic amines is 1. The highest BCUT2D eigenvalue weighted by Crippen LogP contribution is 2.22. The summed E-state index contributed by atoms with van der Waals surface area (Å²) in [7, 11) is 0.905. The Morgan fingerprint density at radius 3 is 2.52 bits per heavy atom. The van der Waals surface area contributed by atoms with Crippen molar-refractivity contribution >= 4 is 51.6 Å². The lowest BCUT2D eigenvalue weighted by molar-refractivity contribution is 0.647. The van der Waals surface area contributed by atoms with Crippen molar-refractivity contribution in [3.05, 3.63) is 35.5 Å². The number of hydrogen-bond acceptors (Lipinski definition) is 2. The first-order valence-corrected chi connectivity index (χ1v) is 10.6. The van der Waals surface area contributed by atoms with Gasteiger partial charge in [-0.2, -0.15) is 0 Å². The predicted octanol–water partition coefficient (Wildman–Crippen LogP) is 3.60.